The number of hydrogen-bond acceptors (Lipinski definition) is 4. The number of nitrogens with one attached hydrogen (secondary N) is 1. The number of benzene rings is 1. The van der Waals surface area contributed by atoms with E-state index in [1.54, 1.807) is 24.3 Å². The average Bonchev–Trinajstić information content (AvgIpc) is 2.81. The molecule has 1 heterocycles. The molecule has 2 atom stereocenters. The Morgan fingerprint density at radius 1 is 1.30 bits per heavy atom. The third-order valence-corrected chi connectivity index (χ3v) is 5.39. The van der Waals surface area contributed by atoms with Gasteiger partial charge in [-0.15, -0.1) is 0 Å². The van der Waals surface area contributed by atoms with Crippen LogP contribution >= 0.6 is 11.6 Å². The Morgan fingerprint density at radius 3 is 2.43 bits per heavy atom. The number of halogens is 1. The Bertz CT molecular complexity index is 661. The molecule has 0 saturated carbocycles. The summed E-state index contributed by atoms with van der Waals surface area (Å²) in [6, 6.07) is 6.41. The normalized spacial score (nSPS) is 22.5. The Morgan fingerprint density at radius 2 is 1.91 bits per heavy atom. The van der Waals surface area contributed by atoms with Crippen molar-refractivity contribution < 1.29 is 13.2 Å². The number of sulfonamides is 1. The number of carbonyl (C=O) groups is 1. The van der Waals surface area contributed by atoms with Crippen molar-refractivity contribution in [2.45, 2.75) is 6.04 Å². The molecule has 0 aromatic heterocycles. The third kappa shape index (κ3) is 4.91. The molecule has 1 aromatic rings. The molecule has 0 radical (unpaired) electrons. The van der Waals surface area contributed by atoms with E-state index in [4.69, 9.17) is 11.6 Å². The van der Waals surface area contributed by atoms with E-state index in [2.05, 4.69) is 5.32 Å². The molecule has 1 aromatic carbocycles. The van der Waals surface area contributed by atoms with E-state index in [1.807, 2.05) is 19.0 Å². The van der Waals surface area contributed by atoms with Crippen molar-refractivity contribution in [1.29, 1.82) is 0 Å². The van der Waals surface area contributed by atoms with Crippen LogP contribution in [0.1, 0.15) is 10.4 Å². The van der Waals surface area contributed by atoms with Crippen LogP contribution in [0.2, 0.25) is 5.02 Å². The van der Waals surface area contributed by atoms with Gasteiger partial charge in [-0.05, 0) is 38.4 Å². The van der Waals surface area contributed by atoms with E-state index in [0.29, 0.717) is 30.2 Å². The summed E-state index contributed by atoms with van der Waals surface area (Å²) in [6.07, 6.45) is 1.20. The van der Waals surface area contributed by atoms with Gasteiger partial charge in [0.05, 0.1) is 6.26 Å². The average molecular weight is 360 g/mol. The van der Waals surface area contributed by atoms with Crippen LogP contribution in [0, 0.1) is 5.92 Å². The highest BCUT2D eigenvalue weighted by atomic mass is 35.5. The van der Waals surface area contributed by atoms with Crippen molar-refractivity contribution in [3.05, 3.63) is 34.9 Å². The minimum Gasteiger partial charge on any atom is -0.348 e. The van der Waals surface area contributed by atoms with Crippen LogP contribution in [-0.2, 0) is 10.0 Å². The van der Waals surface area contributed by atoms with Crippen molar-refractivity contribution in [3.63, 3.8) is 0 Å². The molecule has 1 aliphatic rings. The molecule has 1 fully saturated rings. The van der Waals surface area contributed by atoms with E-state index in [9.17, 15) is 13.2 Å². The van der Waals surface area contributed by atoms with Crippen LogP contribution < -0.4 is 5.32 Å². The molecule has 1 N–H and O–H groups in total. The highest BCUT2D eigenvalue weighted by Gasteiger charge is 2.38. The summed E-state index contributed by atoms with van der Waals surface area (Å²) in [7, 11) is 0.599. The lowest BCUT2D eigenvalue weighted by Crippen LogP contribution is -2.43. The molecule has 2 rings (SSSR count). The Labute approximate surface area is 142 Å². The van der Waals surface area contributed by atoms with Gasteiger partial charge in [-0.1, -0.05) is 11.6 Å². The number of hydrogen-bond donors (Lipinski definition) is 1. The molecule has 0 bridgehead atoms. The van der Waals surface area contributed by atoms with Crippen LogP contribution in [0.4, 0.5) is 0 Å². The lowest BCUT2D eigenvalue weighted by molar-refractivity contribution is 0.0927. The lowest BCUT2D eigenvalue weighted by Gasteiger charge is -2.22. The largest absolute Gasteiger partial charge is 0.348 e. The molecule has 128 valence electrons. The summed E-state index contributed by atoms with van der Waals surface area (Å²) in [5.74, 6) is -0.165. The van der Waals surface area contributed by atoms with Gasteiger partial charge >= 0.3 is 0 Å². The van der Waals surface area contributed by atoms with E-state index in [0.717, 1.165) is 0 Å². The topological polar surface area (TPSA) is 69.7 Å². The van der Waals surface area contributed by atoms with Crippen molar-refractivity contribution in [2.24, 2.45) is 5.92 Å². The van der Waals surface area contributed by atoms with Gasteiger partial charge in [0.25, 0.3) is 5.91 Å². The van der Waals surface area contributed by atoms with E-state index in [1.165, 1.54) is 10.6 Å². The van der Waals surface area contributed by atoms with Crippen molar-refractivity contribution in [2.75, 3.05) is 40.0 Å². The summed E-state index contributed by atoms with van der Waals surface area (Å²) < 4.78 is 25.0. The molecule has 23 heavy (non-hydrogen) atoms. The van der Waals surface area contributed by atoms with Crippen molar-refractivity contribution in [1.82, 2.24) is 14.5 Å². The SMILES string of the molecule is CN(C)C[C@@H]1CN(S(C)(=O)=O)C[C@H]1NC(=O)c1ccc(Cl)cc1. The fourth-order valence-electron chi connectivity index (χ4n) is 2.77. The molecule has 0 spiro atoms. The standard InChI is InChI=1S/C15H22ClN3O3S/c1-18(2)8-12-9-19(23(3,21)22)10-14(12)17-15(20)11-4-6-13(16)7-5-11/h4-7,12,14H,8-10H2,1-3H3,(H,17,20)/t12-,14-/m1/s1. The van der Waals surface area contributed by atoms with E-state index < -0.39 is 10.0 Å². The Hall–Kier alpha value is -1.15. The van der Waals surface area contributed by atoms with Crippen LogP contribution in [-0.4, -0.2) is 69.6 Å². The Kier molecular flexibility index (Phi) is 5.67. The second-order valence-electron chi connectivity index (χ2n) is 6.19. The van der Waals surface area contributed by atoms with Crippen LogP contribution in [0.15, 0.2) is 24.3 Å². The first-order chi connectivity index (χ1) is 10.7. The van der Waals surface area contributed by atoms with Gasteiger partial charge in [-0.25, -0.2) is 8.42 Å². The number of nitrogens with zero attached hydrogens (tertiary/aromatic N) is 2. The highest BCUT2D eigenvalue weighted by Crippen LogP contribution is 2.21. The lowest BCUT2D eigenvalue weighted by atomic mass is 10.0. The highest BCUT2D eigenvalue weighted by molar-refractivity contribution is 7.88. The zero-order valence-electron chi connectivity index (χ0n) is 13.5. The van der Waals surface area contributed by atoms with E-state index >= 15 is 0 Å². The molecule has 1 amide bonds. The summed E-state index contributed by atoms with van der Waals surface area (Å²) in [4.78, 5) is 14.4. The number of rotatable bonds is 5. The fraction of sp³-hybridized carbons (Fsp3) is 0.533. The summed E-state index contributed by atoms with van der Waals surface area (Å²) in [5.41, 5.74) is 0.510. The van der Waals surface area contributed by atoms with Gasteiger partial charge in [0, 0.05) is 42.2 Å². The first kappa shape index (κ1) is 18.2. The van der Waals surface area contributed by atoms with Crippen molar-refractivity contribution >= 4 is 27.5 Å². The predicted molar refractivity (Wildman–Crippen MR) is 91.2 cm³/mol. The maximum Gasteiger partial charge on any atom is 0.251 e. The maximum absolute atomic E-state index is 12.4. The fourth-order valence-corrected chi connectivity index (χ4v) is 3.79. The van der Waals surface area contributed by atoms with Crippen LogP contribution in [0.3, 0.4) is 0 Å². The van der Waals surface area contributed by atoms with E-state index in [-0.39, 0.29) is 17.9 Å². The second-order valence-corrected chi connectivity index (χ2v) is 8.61. The molecule has 6 nitrogen and oxygen atoms in total. The minimum atomic E-state index is -3.26. The van der Waals surface area contributed by atoms with Crippen LogP contribution in [0.5, 0.6) is 0 Å². The van der Waals surface area contributed by atoms with Gasteiger partial charge < -0.3 is 10.2 Å². The smallest absolute Gasteiger partial charge is 0.251 e. The molecule has 0 aliphatic carbocycles. The van der Waals surface area contributed by atoms with Crippen molar-refractivity contribution in [3.8, 4) is 0 Å². The van der Waals surface area contributed by atoms with Gasteiger partial charge in [-0.2, -0.15) is 4.31 Å². The number of amides is 1. The summed E-state index contributed by atoms with van der Waals surface area (Å²) in [6.45, 7) is 1.43. The first-order valence-corrected chi connectivity index (χ1v) is 9.55. The first-order valence-electron chi connectivity index (χ1n) is 7.33. The molecular formula is C15H22ClN3O3S. The van der Waals surface area contributed by atoms with Gasteiger partial charge in [0.2, 0.25) is 10.0 Å². The predicted octanol–water partition coefficient (Wildman–Crippen LogP) is 0.891. The molecular weight excluding hydrogens is 338 g/mol. The molecule has 8 heteroatoms. The quantitative estimate of drug-likeness (QED) is 0.847. The minimum absolute atomic E-state index is 0.0518. The molecule has 1 saturated heterocycles. The summed E-state index contributed by atoms with van der Waals surface area (Å²) >= 11 is 5.83. The maximum atomic E-state index is 12.4. The molecule has 0 unspecified atom stereocenters. The monoisotopic (exact) mass is 359 g/mol. The number of carbonyl (C=O) groups excluding carboxylic acids is 1. The second kappa shape index (κ2) is 7.17. The molecule has 1 aliphatic heterocycles. The van der Waals surface area contributed by atoms with Gasteiger partial charge in [0.1, 0.15) is 0 Å². The zero-order chi connectivity index (χ0) is 17.2. The van der Waals surface area contributed by atoms with Gasteiger partial charge in [-0.3, -0.25) is 4.79 Å². The Balaban J connectivity index is 2.11. The van der Waals surface area contributed by atoms with Gasteiger partial charge in [0.15, 0.2) is 0 Å². The van der Waals surface area contributed by atoms with Crippen LogP contribution in [0.25, 0.3) is 0 Å². The summed E-state index contributed by atoms with van der Waals surface area (Å²) in [5, 5.41) is 3.52. The zero-order valence-corrected chi connectivity index (χ0v) is 15.1. The third-order valence-electron chi connectivity index (χ3n) is 3.90.